The van der Waals surface area contributed by atoms with E-state index in [0.717, 1.165) is 71.9 Å². The summed E-state index contributed by atoms with van der Waals surface area (Å²) in [6, 6.07) is 79.6. The fourth-order valence-corrected chi connectivity index (χ4v) is 12.2. The lowest BCUT2D eigenvalue weighted by Gasteiger charge is -2.11. The molecule has 0 saturated heterocycles. The fraction of sp³-hybridized carbons (Fsp3) is 0. The van der Waals surface area contributed by atoms with Gasteiger partial charge in [0.2, 0.25) is 5.95 Å². The third-order valence-electron chi connectivity index (χ3n) is 14.0. The number of para-hydroxylation sites is 2. The van der Waals surface area contributed by atoms with Crippen LogP contribution in [0.3, 0.4) is 0 Å². The molecule has 0 amide bonds. The zero-order chi connectivity index (χ0) is 45.9. The maximum atomic E-state index is 6.70. The van der Waals surface area contributed by atoms with Crippen LogP contribution in [0.2, 0.25) is 0 Å². The lowest BCUT2D eigenvalue weighted by molar-refractivity contribution is 0.669. The van der Waals surface area contributed by atoms with Gasteiger partial charge in [0, 0.05) is 69.3 Å². The predicted molar refractivity (Wildman–Crippen MR) is 290 cm³/mol. The summed E-state index contributed by atoms with van der Waals surface area (Å²) in [4.78, 5) is 15.6. The van der Waals surface area contributed by atoms with Crippen molar-refractivity contribution in [3.8, 4) is 56.7 Å². The van der Waals surface area contributed by atoms with E-state index in [1.165, 1.54) is 52.9 Å². The molecule has 0 aliphatic heterocycles. The van der Waals surface area contributed by atoms with E-state index in [2.05, 4.69) is 197 Å². The number of benzene rings is 10. The van der Waals surface area contributed by atoms with Crippen LogP contribution >= 0.6 is 11.3 Å². The molecule has 0 unspecified atom stereocenters. The molecule has 15 rings (SSSR count). The molecule has 5 aromatic heterocycles. The summed E-state index contributed by atoms with van der Waals surface area (Å²) in [5.41, 5.74) is 13.6. The number of rotatable bonds is 6. The molecular weight excluding hydrogens is 875 g/mol. The van der Waals surface area contributed by atoms with E-state index in [4.69, 9.17) is 19.4 Å². The zero-order valence-corrected chi connectivity index (χ0v) is 38.2. The predicted octanol–water partition coefficient (Wildman–Crippen LogP) is 17.0. The van der Waals surface area contributed by atoms with Gasteiger partial charge >= 0.3 is 0 Å². The molecule has 0 atom stereocenters. The molecule has 6 nitrogen and oxygen atoms in total. The fourth-order valence-electron chi connectivity index (χ4n) is 10.9. The summed E-state index contributed by atoms with van der Waals surface area (Å²) >= 11 is 1.84. The largest absolute Gasteiger partial charge is 0.456 e. The van der Waals surface area contributed by atoms with Gasteiger partial charge in [-0.05, 0) is 89.0 Å². The van der Waals surface area contributed by atoms with Crippen LogP contribution in [0.1, 0.15) is 0 Å². The molecule has 0 radical (unpaired) electrons. The second kappa shape index (κ2) is 15.2. The van der Waals surface area contributed by atoms with Crippen LogP contribution in [0, 0.1) is 0 Å². The molecule has 0 bridgehead atoms. The molecule has 7 heteroatoms. The van der Waals surface area contributed by atoms with Gasteiger partial charge in [0.1, 0.15) is 11.2 Å². The summed E-state index contributed by atoms with van der Waals surface area (Å²) < 4.78 is 13.8. The van der Waals surface area contributed by atoms with Crippen LogP contribution in [0.4, 0.5) is 0 Å². The molecular formula is C63H37N5OS. The monoisotopic (exact) mass is 911 g/mol. The Hall–Kier alpha value is -9.17. The Labute approximate surface area is 404 Å². The third kappa shape index (κ3) is 5.82. The second-order valence-corrected chi connectivity index (χ2v) is 18.9. The van der Waals surface area contributed by atoms with Crippen molar-refractivity contribution in [1.82, 2.24) is 24.1 Å². The van der Waals surface area contributed by atoms with E-state index in [1.54, 1.807) is 0 Å². The van der Waals surface area contributed by atoms with Crippen molar-refractivity contribution in [3.63, 3.8) is 0 Å². The van der Waals surface area contributed by atoms with Crippen molar-refractivity contribution in [1.29, 1.82) is 0 Å². The van der Waals surface area contributed by atoms with Crippen LogP contribution in [0.5, 0.6) is 0 Å². The second-order valence-electron chi connectivity index (χ2n) is 17.9. The summed E-state index contributed by atoms with van der Waals surface area (Å²) in [7, 11) is 0. The lowest BCUT2D eigenvalue weighted by Crippen LogP contribution is -2.06. The number of nitrogens with zero attached hydrogens (tertiary/aromatic N) is 5. The molecule has 15 aromatic rings. The van der Waals surface area contributed by atoms with Gasteiger partial charge in [-0.25, -0.2) is 4.98 Å². The first-order valence-electron chi connectivity index (χ1n) is 23.5. The summed E-state index contributed by atoms with van der Waals surface area (Å²) in [5, 5.41) is 9.41. The highest BCUT2D eigenvalue weighted by Gasteiger charge is 2.23. The average Bonchev–Trinajstić information content (AvgIpc) is 4.19. The van der Waals surface area contributed by atoms with Gasteiger partial charge in [-0.15, -0.1) is 11.3 Å². The Bertz CT molecular complexity index is 4530. The molecule has 0 aliphatic carbocycles. The highest BCUT2D eigenvalue weighted by Crippen LogP contribution is 2.46. The summed E-state index contributed by atoms with van der Waals surface area (Å²) in [5.74, 6) is 1.81. The molecule has 5 heterocycles. The quantitative estimate of drug-likeness (QED) is 0.167. The van der Waals surface area contributed by atoms with E-state index in [-0.39, 0.29) is 0 Å². The number of thiophene rings is 1. The van der Waals surface area contributed by atoms with Gasteiger partial charge in [-0.2, -0.15) is 9.97 Å². The minimum absolute atomic E-state index is 0.568. The SMILES string of the molecule is c1ccc(-c2nc(-c3ccccc3)nc(-n3c4ccc(-c5cccc6oc7ccc(-c8cccc9c8c8ccccc8n9-c8ccccc8)cc7c56)cc4c4c5sc6ccccc6c5ccc43)n2)cc1. The molecule has 0 saturated carbocycles. The van der Waals surface area contributed by atoms with Crippen LogP contribution < -0.4 is 0 Å². The van der Waals surface area contributed by atoms with Crippen LogP contribution in [-0.2, 0) is 0 Å². The van der Waals surface area contributed by atoms with Gasteiger partial charge in [0.15, 0.2) is 11.6 Å². The van der Waals surface area contributed by atoms with Gasteiger partial charge < -0.3 is 8.98 Å². The normalized spacial score (nSPS) is 12.0. The third-order valence-corrected chi connectivity index (χ3v) is 15.2. The highest BCUT2D eigenvalue weighted by atomic mass is 32.1. The van der Waals surface area contributed by atoms with Crippen molar-refractivity contribution in [2.75, 3.05) is 0 Å². The Morgan fingerprint density at radius 2 is 0.929 bits per heavy atom. The van der Waals surface area contributed by atoms with E-state index >= 15 is 0 Å². The maximum Gasteiger partial charge on any atom is 0.238 e. The standard InChI is InChI=1S/C63H37N5OS/c1-4-16-38(17-5-1)61-64-62(39-18-6-2-7-19-39)66-63(65-61)68-51-33-30-40(36-48(51)59-53(68)34-32-46-45-22-11-13-29-56(45)70-60(46)59)44-25-15-28-55-58(44)49-37-41(31-35-54(49)69-55)43-24-14-27-52-57(43)47-23-10-12-26-50(47)67(52)42-20-8-3-9-21-42/h1-37H. The van der Waals surface area contributed by atoms with Crippen LogP contribution in [-0.4, -0.2) is 24.1 Å². The van der Waals surface area contributed by atoms with Crippen LogP contribution in [0.25, 0.3) is 142 Å². The van der Waals surface area contributed by atoms with Crippen molar-refractivity contribution in [3.05, 3.63) is 224 Å². The first-order valence-corrected chi connectivity index (χ1v) is 24.3. The van der Waals surface area contributed by atoms with E-state index < -0.39 is 0 Å². The average molecular weight is 912 g/mol. The van der Waals surface area contributed by atoms with E-state index in [9.17, 15) is 0 Å². The van der Waals surface area contributed by atoms with Crippen molar-refractivity contribution < 1.29 is 4.42 Å². The smallest absolute Gasteiger partial charge is 0.238 e. The van der Waals surface area contributed by atoms with Gasteiger partial charge in [0.25, 0.3) is 0 Å². The molecule has 0 aliphatic rings. The minimum Gasteiger partial charge on any atom is -0.456 e. The Balaban J connectivity index is 0.968. The highest BCUT2D eigenvalue weighted by molar-refractivity contribution is 7.26. The zero-order valence-electron chi connectivity index (χ0n) is 37.4. The lowest BCUT2D eigenvalue weighted by atomic mass is 9.95. The van der Waals surface area contributed by atoms with E-state index in [1.807, 2.05) is 47.7 Å². The Morgan fingerprint density at radius 3 is 1.70 bits per heavy atom. The number of hydrogen-bond acceptors (Lipinski definition) is 5. The molecule has 326 valence electrons. The minimum atomic E-state index is 0.568. The summed E-state index contributed by atoms with van der Waals surface area (Å²) in [6.07, 6.45) is 0. The molecule has 0 fully saturated rings. The van der Waals surface area contributed by atoms with Gasteiger partial charge in [-0.3, -0.25) is 4.57 Å². The van der Waals surface area contributed by atoms with Crippen molar-refractivity contribution >= 4 is 97.1 Å². The first-order chi connectivity index (χ1) is 34.7. The Morgan fingerprint density at radius 1 is 0.343 bits per heavy atom. The topological polar surface area (TPSA) is 61.7 Å². The molecule has 70 heavy (non-hydrogen) atoms. The van der Waals surface area contributed by atoms with Crippen molar-refractivity contribution in [2.45, 2.75) is 0 Å². The number of hydrogen-bond donors (Lipinski definition) is 0. The first kappa shape index (κ1) is 38.9. The van der Waals surface area contributed by atoms with E-state index in [0.29, 0.717) is 17.6 Å². The number of fused-ring (bicyclic) bond motifs is 13. The molecule has 0 spiro atoms. The van der Waals surface area contributed by atoms with Gasteiger partial charge in [-0.1, -0.05) is 158 Å². The van der Waals surface area contributed by atoms with Crippen LogP contribution in [0.15, 0.2) is 229 Å². The molecule has 10 aromatic carbocycles. The molecule has 0 N–H and O–H groups in total. The van der Waals surface area contributed by atoms with Crippen molar-refractivity contribution in [2.24, 2.45) is 0 Å². The number of furan rings is 1. The maximum absolute atomic E-state index is 6.70. The number of aromatic nitrogens is 5. The summed E-state index contributed by atoms with van der Waals surface area (Å²) in [6.45, 7) is 0. The Kier molecular flexibility index (Phi) is 8.43. The van der Waals surface area contributed by atoms with Gasteiger partial charge in [0.05, 0.1) is 22.1 Å².